The second-order valence-corrected chi connectivity index (χ2v) is 7.86. The van der Waals surface area contributed by atoms with E-state index >= 15 is 0 Å². The van der Waals surface area contributed by atoms with Gasteiger partial charge in [-0.3, -0.25) is 0 Å². The first-order valence-electron chi connectivity index (χ1n) is 8.43. The molecule has 0 saturated heterocycles. The summed E-state index contributed by atoms with van der Waals surface area (Å²) in [6.07, 6.45) is 0. The lowest BCUT2D eigenvalue weighted by atomic mass is 10.1. The molecule has 0 radical (unpaired) electrons. The molecule has 2 aromatic rings. The van der Waals surface area contributed by atoms with E-state index in [0.29, 0.717) is 36.6 Å². The number of nitrogens with one attached hydrogen (secondary N) is 1. The van der Waals surface area contributed by atoms with Crippen LogP contribution in [0.3, 0.4) is 0 Å². The standard InChI is InChI=1S/C19H25FN2O2S/c1-4-22(5-2)25(23,24)18-10-8-16(9-11-18)13-21-14-17-7-6-15(3)19(20)12-17/h6-12,21H,4-5,13-14H2,1-3H3. The van der Waals surface area contributed by atoms with E-state index in [1.807, 2.05) is 19.9 Å². The lowest BCUT2D eigenvalue weighted by molar-refractivity contribution is 0.445. The minimum atomic E-state index is -3.42. The zero-order valence-corrected chi connectivity index (χ0v) is 15.7. The van der Waals surface area contributed by atoms with E-state index in [1.54, 1.807) is 37.3 Å². The van der Waals surface area contributed by atoms with Gasteiger partial charge in [-0.15, -0.1) is 0 Å². The average molecular weight is 364 g/mol. The smallest absolute Gasteiger partial charge is 0.243 e. The SMILES string of the molecule is CCN(CC)S(=O)(=O)c1ccc(CNCc2ccc(C)c(F)c2)cc1. The summed E-state index contributed by atoms with van der Waals surface area (Å²) in [5, 5.41) is 3.24. The van der Waals surface area contributed by atoms with Crippen molar-refractivity contribution < 1.29 is 12.8 Å². The first-order chi connectivity index (χ1) is 11.9. The van der Waals surface area contributed by atoms with Crippen molar-refractivity contribution in [2.75, 3.05) is 13.1 Å². The predicted molar refractivity (Wildman–Crippen MR) is 98.2 cm³/mol. The Morgan fingerprint density at radius 3 is 2.08 bits per heavy atom. The number of hydrogen-bond donors (Lipinski definition) is 1. The highest BCUT2D eigenvalue weighted by atomic mass is 32.2. The molecule has 0 unspecified atom stereocenters. The summed E-state index contributed by atoms with van der Waals surface area (Å²) in [5.41, 5.74) is 2.49. The topological polar surface area (TPSA) is 49.4 Å². The number of sulfonamides is 1. The van der Waals surface area contributed by atoms with E-state index in [0.717, 1.165) is 11.1 Å². The molecule has 0 aliphatic rings. The van der Waals surface area contributed by atoms with Gasteiger partial charge in [0.25, 0.3) is 0 Å². The van der Waals surface area contributed by atoms with Gasteiger partial charge in [-0.1, -0.05) is 38.1 Å². The monoisotopic (exact) mass is 364 g/mol. The van der Waals surface area contributed by atoms with Crippen LogP contribution in [-0.2, 0) is 23.1 Å². The second-order valence-electron chi connectivity index (χ2n) is 5.92. The van der Waals surface area contributed by atoms with Crippen molar-refractivity contribution in [2.45, 2.75) is 38.8 Å². The Hall–Kier alpha value is -1.76. The van der Waals surface area contributed by atoms with Gasteiger partial charge in [0, 0.05) is 26.2 Å². The third-order valence-corrected chi connectivity index (χ3v) is 6.23. The van der Waals surface area contributed by atoms with Crippen LogP contribution in [0.2, 0.25) is 0 Å². The number of nitrogens with zero attached hydrogens (tertiary/aromatic N) is 1. The van der Waals surface area contributed by atoms with E-state index in [1.165, 1.54) is 10.4 Å². The number of halogens is 1. The highest BCUT2D eigenvalue weighted by Gasteiger charge is 2.20. The van der Waals surface area contributed by atoms with Gasteiger partial charge in [-0.25, -0.2) is 12.8 Å². The Balaban J connectivity index is 1.97. The van der Waals surface area contributed by atoms with Gasteiger partial charge in [0.05, 0.1) is 4.90 Å². The van der Waals surface area contributed by atoms with Crippen LogP contribution in [0.5, 0.6) is 0 Å². The Labute approximate surface area is 149 Å². The molecule has 0 fully saturated rings. The maximum Gasteiger partial charge on any atom is 0.243 e. The summed E-state index contributed by atoms with van der Waals surface area (Å²) >= 11 is 0. The largest absolute Gasteiger partial charge is 0.309 e. The molecule has 0 saturated carbocycles. The lowest BCUT2D eigenvalue weighted by Crippen LogP contribution is -2.30. The van der Waals surface area contributed by atoms with Crippen LogP contribution in [0.15, 0.2) is 47.4 Å². The van der Waals surface area contributed by atoms with Gasteiger partial charge in [-0.05, 0) is 41.8 Å². The molecule has 4 nitrogen and oxygen atoms in total. The molecule has 1 N–H and O–H groups in total. The summed E-state index contributed by atoms with van der Waals surface area (Å²) in [7, 11) is -3.42. The van der Waals surface area contributed by atoms with E-state index in [9.17, 15) is 12.8 Å². The minimum absolute atomic E-state index is 0.203. The molecule has 0 aliphatic carbocycles. The molecule has 0 bridgehead atoms. The lowest BCUT2D eigenvalue weighted by Gasteiger charge is -2.18. The van der Waals surface area contributed by atoms with E-state index in [2.05, 4.69) is 5.32 Å². The normalized spacial score (nSPS) is 11.9. The zero-order chi connectivity index (χ0) is 18.4. The van der Waals surface area contributed by atoms with Crippen molar-refractivity contribution in [3.8, 4) is 0 Å². The Morgan fingerprint density at radius 1 is 0.960 bits per heavy atom. The van der Waals surface area contributed by atoms with E-state index in [4.69, 9.17) is 0 Å². The molecule has 0 aliphatic heterocycles. The van der Waals surface area contributed by atoms with Crippen molar-refractivity contribution in [3.63, 3.8) is 0 Å². The summed E-state index contributed by atoms with van der Waals surface area (Å²) in [5.74, 6) is -0.203. The molecular formula is C19H25FN2O2S. The molecule has 0 aromatic heterocycles. The van der Waals surface area contributed by atoms with Crippen LogP contribution in [0.4, 0.5) is 4.39 Å². The highest BCUT2D eigenvalue weighted by Crippen LogP contribution is 2.16. The summed E-state index contributed by atoms with van der Waals surface area (Å²) in [4.78, 5) is 0.306. The van der Waals surface area contributed by atoms with E-state index < -0.39 is 10.0 Å². The molecule has 2 rings (SSSR count). The number of rotatable bonds is 8. The maximum atomic E-state index is 13.5. The Bertz CT molecular complexity index is 801. The molecule has 136 valence electrons. The first kappa shape index (κ1) is 19.6. The molecule has 6 heteroatoms. The summed E-state index contributed by atoms with van der Waals surface area (Å²) < 4.78 is 39.8. The van der Waals surface area contributed by atoms with Crippen molar-refractivity contribution in [1.29, 1.82) is 0 Å². The van der Waals surface area contributed by atoms with Crippen molar-refractivity contribution >= 4 is 10.0 Å². The van der Waals surface area contributed by atoms with Crippen LogP contribution in [0.1, 0.15) is 30.5 Å². The van der Waals surface area contributed by atoms with Gasteiger partial charge in [0.1, 0.15) is 5.82 Å². The molecular weight excluding hydrogens is 339 g/mol. The number of aryl methyl sites for hydroxylation is 1. The van der Waals surface area contributed by atoms with Crippen LogP contribution in [0.25, 0.3) is 0 Å². The minimum Gasteiger partial charge on any atom is -0.309 e. The van der Waals surface area contributed by atoms with Crippen LogP contribution >= 0.6 is 0 Å². The molecule has 0 atom stereocenters. The van der Waals surface area contributed by atoms with Crippen LogP contribution in [-0.4, -0.2) is 25.8 Å². The maximum absolute atomic E-state index is 13.5. The van der Waals surface area contributed by atoms with Crippen molar-refractivity contribution in [1.82, 2.24) is 9.62 Å². The van der Waals surface area contributed by atoms with Gasteiger partial charge >= 0.3 is 0 Å². The fraction of sp³-hybridized carbons (Fsp3) is 0.368. The summed E-state index contributed by atoms with van der Waals surface area (Å²) in [6.45, 7) is 7.43. The van der Waals surface area contributed by atoms with Gasteiger partial charge in [0.2, 0.25) is 10.0 Å². The van der Waals surface area contributed by atoms with Gasteiger partial charge in [-0.2, -0.15) is 4.31 Å². The summed E-state index contributed by atoms with van der Waals surface area (Å²) in [6, 6.07) is 12.1. The Kier molecular flexibility index (Phi) is 6.70. The second kappa shape index (κ2) is 8.56. The zero-order valence-electron chi connectivity index (χ0n) is 14.9. The molecule has 25 heavy (non-hydrogen) atoms. The number of hydrogen-bond acceptors (Lipinski definition) is 3. The first-order valence-corrected chi connectivity index (χ1v) is 9.87. The van der Waals surface area contributed by atoms with Crippen LogP contribution < -0.4 is 5.32 Å². The Morgan fingerprint density at radius 2 is 1.52 bits per heavy atom. The van der Waals surface area contributed by atoms with Crippen LogP contribution in [0, 0.1) is 12.7 Å². The van der Waals surface area contributed by atoms with E-state index in [-0.39, 0.29) is 5.82 Å². The quantitative estimate of drug-likeness (QED) is 0.780. The van der Waals surface area contributed by atoms with Crippen molar-refractivity contribution in [2.24, 2.45) is 0 Å². The number of benzene rings is 2. The fourth-order valence-electron chi connectivity index (χ4n) is 2.59. The molecule has 2 aromatic carbocycles. The third kappa shape index (κ3) is 4.87. The average Bonchev–Trinajstić information content (AvgIpc) is 2.59. The van der Waals surface area contributed by atoms with Gasteiger partial charge in [0.15, 0.2) is 0 Å². The third-order valence-electron chi connectivity index (χ3n) is 4.16. The van der Waals surface area contributed by atoms with Crippen molar-refractivity contribution in [3.05, 3.63) is 65.0 Å². The fourth-order valence-corrected chi connectivity index (χ4v) is 4.05. The molecule has 0 amide bonds. The molecule has 0 spiro atoms. The molecule has 0 heterocycles. The van der Waals surface area contributed by atoms with Gasteiger partial charge < -0.3 is 5.32 Å². The predicted octanol–water partition coefficient (Wildman–Crippen LogP) is 3.45. The highest BCUT2D eigenvalue weighted by molar-refractivity contribution is 7.89.